The highest BCUT2D eigenvalue weighted by molar-refractivity contribution is 7.11. The third kappa shape index (κ3) is 2.26. The van der Waals surface area contributed by atoms with Gasteiger partial charge in [-0.25, -0.2) is 0 Å². The summed E-state index contributed by atoms with van der Waals surface area (Å²) in [6, 6.07) is 4.53. The molecule has 1 N–H and O–H groups in total. The van der Waals surface area contributed by atoms with Gasteiger partial charge in [0.2, 0.25) is 0 Å². The predicted molar refractivity (Wildman–Crippen MR) is 67.6 cm³/mol. The van der Waals surface area contributed by atoms with E-state index in [0.29, 0.717) is 5.54 Å². The molecule has 2 heterocycles. The Morgan fingerprint density at radius 2 is 2.27 bits per heavy atom. The van der Waals surface area contributed by atoms with Gasteiger partial charge < -0.3 is 5.32 Å². The van der Waals surface area contributed by atoms with Crippen molar-refractivity contribution in [3.05, 3.63) is 21.9 Å². The number of hydrogen-bond donors (Lipinski definition) is 1. The van der Waals surface area contributed by atoms with Crippen molar-refractivity contribution < 1.29 is 0 Å². The normalized spacial score (nSPS) is 26.4. The quantitative estimate of drug-likeness (QED) is 0.828. The molecule has 0 spiro atoms. The topological polar surface area (TPSA) is 12.0 Å². The molecule has 2 heteroatoms. The fourth-order valence-corrected chi connectivity index (χ4v) is 3.58. The van der Waals surface area contributed by atoms with E-state index in [1.807, 2.05) is 11.3 Å². The van der Waals surface area contributed by atoms with Crippen molar-refractivity contribution >= 4 is 11.3 Å². The molecule has 1 aromatic rings. The van der Waals surface area contributed by atoms with Crippen LogP contribution in [-0.2, 0) is 6.42 Å². The zero-order valence-electron chi connectivity index (χ0n) is 9.97. The van der Waals surface area contributed by atoms with Crippen LogP contribution in [0.25, 0.3) is 0 Å². The second-order valence-corrected chi connectivity index (χ2v) is 6.40. The van der Waals surface area contributed by atoms with Crippen molar-refractivity contribution in [3.8, 4) is 0 Å². The van der Waals surface area contributed by atoms with Gasteiger partial charge in [-0.2, -0.15) is 0 Å². The molecule has 1 saturated heterocycles. The van der Waals surface area contributed by atoms with E-state index in [1.165, 1.54) is 35.6 Å². The molecule has 84 valence electrons. The van der Waals surface area contributed by atoms with E-state index >= 15 is 0 Å². The molecule has 0 radical (unpaired) electrons. The summed E-state index contributed by atoms with van der Waals surface area (Å²) in [6.07, 6.45) is 3.88. The standard InChI is InChI=1S/C13H21NS/c1-10(2)13(7-4-8-14-13)9-12-6-5-11(3)15-12/h5-6,10,14H,4,7-9H2,1-3H3. The molecule has 1 nitrogen and oxygen atoms in total. The van der Waals surface area contributed by atoms with Gasteiger partial charge in [0.05, 0.1) is 0 Å². The Kier molecular flexibility index (Phi) is 3.17. The van der Waals surface area contributed by atoms with Crippen LogP contribution in [0.5, 0.6) is 0 Å². The van der Waals surface area contributed by atoms with Crippen LogP contribution in [0.1, 0.15) is 36.4 Å². The highest BCUT2D eigenvalue weighted by Crippen LogP contribution is 2.33. The van der Waals surface area contributed by atoms with Gasteiger partial charge in [-0.15, -0.1) is 11.3 Å². The van der Waals surface area contributed by atoms with E-state index in [9.17, 15) is 0 Å². The van der Waals surface area contributed by atoms with Gasteiger partial charge in [0.15, 0.2) is 0 Å². The maximum Gasteiger partial charge on any atom is 0.0253 e. The van der Waals surface area contributed by atoms with Crippen molar-refractivity contribution in [2.24, 2.45) is 5.92 Å². The van der Waals surface area contributed by atoms with Crippen LogP contribution < -0.4 is 5.32 Å². The van der Waals surface area contributed by atoms with E-state index in [-0.39, 0.29) is 0 Å². The first-order valence-corrected chi connectivity index (χ1v) is 6.74. The van der Waals surface area contributed by atoms with E-state index in [1.54, 1.807) is 0 Å². The van der Waals surface area contributed by atoms with E-state index < -0.39 is 0 Å². The zero-order chi connectivity index (χ0) is 10.9. The Morgan fingerprint density at radius 3 is 2.73 bits per heavy atom. The fraction of sp³-hybridized carbons (Fsp3) is 0.692. The van der Waals surface area contributed by atoms with E-state index in [2.05, 4.69) is 38.2 Å². The number of thiophene rings is 1. The smallest absolute Gasteiger partial charge is 0.0253 e. The third-order valence-electron chi connectivity index (χ3n) is 3.67. The Labute approximate surface area is 96.9 Å². The fourth-order valence-electron chi connectivity index (χ4n) is 2.57. The van der Waals surface area contributed by atoms with Crippen LogP contribution in [-0.4, -0.2) is 12.1 Å². The number of hydrogen-bond acceptors (Lipinski definition) is 2. The number of aryl methyl sites for hydroxylation is 1. The SMILES string of the molecule is Cc1ccc(CC2(C(C)C)CCCN2)s1. The van der Waals surface area contributed by atoms with Crippen LogP contribution in [0.15, 0.2) is 12.1 Å². The summed E-state index contributed by atoms with van der Waals surface area (Å²) in [5.74, 6) is 0.724. The largest absolute Gasteiger partial charge is 0.311 e. The van der Waals surface area contributed by atoms with Gasteiger partial charge in [0.25, 0.3) is 0 Å². The molecular weight excluding hydrogens is 202 g/mol. The summed E-state index contributed by atoms with van der Waals surface area (Å²) >= 11 is 1.95. The second-order valence-electron chi connectivity index (χ2n) is 5.03. The third-order valence-corrected chi connectivity index (χ3v) is 4.67. The van der Waals surface area contributed by atoms with Gasteiger partial charge in [-0.3, -0.25) is 0 Å². The highest BCUT2D eigenvalue weighted by Gasteiger charge is 2.36. The highest BCUT2D eigenvalue weighted by atomic mass is 32.1. The lowest BCUT2D eigenvalue weighted by Gasteiger charge is -2.33. The van der Waals surface area contributed by atoms with Crippen LogP contribution in [0.3, 0.4) is 0 Å². The lowest BCUT2D eigenvalue weighted by Crippen LogP contribution is -2.46. The van der Waals surface area contributed by atoms with Crippen molar-refractivity contribution in [1.82, 2.24) is 5.32 Å². The van der Waals surface area contributed by atoms with Gasteiger partial charge in [0.1, 0.15) is 0 Å². The minimum Gasteiger partial charge on any atom is -0.311 e. The molecule has 1 fully saturated rings. The van der Waals surface area contributed by atoms with Crippen molar-refractivity contribution in [2.45, 2.75) is 45.6 Å². The van der Waals surface area contributed by atoms with Gasteiger partial charge in [0, 0.05) is 21.7 Å². The monoisotopic (exact) mass is 223 g/mol. The Bertz CT molecular complexity index is 321. The van der Waals surface area contributed by atoms with Crippen LogP contribution in [0, 0.1) is 12.8 Å². The average Bonchev–Trinajstić information content (AvgIpc) is 2.77. The molecule has 1 unspecified atom stereocenters. The van der Waals surface area contributed by atoms with Crippen LogP contribution in [0.4, 0.5) is 0 Å². The second kappa shape index (κ2) is 4.26. The lowest BCUT2D eigenvalue weighted by molar-refractivity contribution is 0.271. The molecular formula is C13H21NS. The molecule has 0 aliphatic carbocycles. The van der Waals surface area contributed by atoms with Crippen molar-refractivity contribution in [3.63, 3.8) is 0 Å². The Hall–Kier alpha value is -0.340. The van der Waals surface area contributed by atoms with E-state index in [4.69, 9.17) is 0 Å². The molecule has 1 aliphatic heterocycles. The lowest BCUT2D eigenvalue weighted by atomic mass is 9.81. The van der Waals surface area contributed by atoms with Crippen LogP contribution in [0.2, 0.25) is 0 Å². The summed E-state index contributed by atoms with van der Waals surface area (Å²) in [5.41, 5.74) is 0.372. The summed E-state index contributed by atoms with van der Waals surface area (Å²) in [4.78, 5) is 2.97. The summed E-state index contributed by atoms with van der Waals surface area (Å²) in [7, 11) is 0. The molecule has 1 atom stereocenters. The Morgan fingerprint density at radius 1 is 1.47 bits per heavy atom. The van der Waals surface area contributed by atoms with E-state index in [0.717, 1.165) is 5.92 Å². The molecule has 1 aromatic heterocycles. The molecule has 1 aliphatic rings. The zero-order valence-corrected chi connectivity index (χ0v) is 10.8. The first kappa shape index (κ1) is 11.2. The van der Waals surface area contributed by atoms with Crippen molar-refractivity contribution in [2.75, 3.05) is 6.54 Å². The summed E-state index contributed by atoms with van der Waals surface area (Å²) in [5, 5.41) is 3.73. The summed E-state index contributed by atoms with van der Waals surface area (Å²) < 4.78 is 0. The molecule has 15 heavy (non-hydrogen) atoms. The molecule has 0 amide bonds. The summed E-state index contributed by atoms with van der Waals surface area (Å²) in [6.45, 7) is 8.08. The molecule has 0 bridgehead atoms. The molecule has 2 rings (SSSR count). The van der Waals surface area contributed by atoms with Crippen molar-refractivity contribution in [1.29, 1.82) is 0 Å². The maximum atomic E-state index is 3.73. The minimum absolute atomic E-state index is 0.372. The first-order chi connectivity index (χ1) is 7.12. The van der Waals surface area contributed by atoms with Gasteiger partial charge in [-0.1, -0.05) is 13.8 Å². The molecule has 0 saturated carbocycles. The van der Waals surface area contributed by atoms with Crippen LogP contribution >= 0.6 is 11.3 Å². The minimum atomic E-state index is 0.372. The number of rotatable bonds is 3. The molecule has 0 aromatic carbocycles. The average molecular weight is 223 g/mol. The van der Waals surface area contributed by atoms with Gasteiger partial charge in [-0.05, 0) is 44.4 Å². The Balaban J connectivity index is 2.13. The number of nitrogens with one attached hydrogen (secondary N) is 1. The predicted octanol–water partition coefficient (Wildman–Crippen LogP) is 3.38. The first-order valence-electron chi connectivity index (χ1n) is 5.93. The maximum absolute atomic E-state index is 3.73. The van der Waals surface area contributed by atoms with Gasteiger partial charge >= 0.3 is 0 Å².